The first-order valence-corrected chi connectivity index (χ1v) is 8.76. The van der Waals surface area contributed by atoms with Gasteiger partial charge in [0, 0.05) is 24.2 Å². The van der Waals surface area contributed by atoms with Gasteiger partial charge in [-0.25, -0.2) is 14.8 Å². The number of anilines is 1. The van der Waals surface area contributed by atoms with E-state index in [1.54, 1.807) is 12.1 Å². The van der Waals surface area contributed by atoms with Crippen LogP contribution in [-0.2, 0) is 0 Å². The number of nitrogens with one attached hydrogen (secondary N) is 1. The van der Waals surface area contributed by atoms with Crippen molar-refractivity contribution in [3.8, 4) is 0 Å². The summed E-state index contributed by atoms with van der Waals surface area (Å²) in [5, 5.41) is 12.9. The van der Waals surface area contributed by atoms with Gasteiger partial charge in [-0.3, -0.25) is 4.79 Å². The molecule has 0 spiro atoms. The molecule has 1 aliphatic rings. The quantitative estimate of drug-likeness (QED) is 0.827. The van der Waals surface area contributed by atoms with Gasteiger partial charge in [-0.2, -0.15) is 0 Å². The van der Waals surface area contributed by atoms with Crippen molar-refractivity contribution < 1.29 is 14.7 Å². The van der Waals surface area contributed by atoms with Crippen molar-refractivity contribution in [1.82, 2.24) is 15.3 Å². The van der Waals surface area contributed by atoms with Crippen molar-refractivity contribution in [2.24, 2.45) is 0 Å². The Labute approximate surface area is 160 Å². The Hall–Kier alpha value is -2.38. The zero-order chi connectivity index (χ0) is 18.7. The summed E-state index contributed by atoms with van der Waals surface area (Å²) in [6, 6.07) is 5.26. The maximum atomic E-state index is 12.3. The van der Waals surface area contributed by atoms with E-state index >= 15 is 0 Å². The Morgan fingerprint density at radius 2 is 1.92 bits per heavy atom. The highest BCUT2D eigenvalue weighted by Gasteiger charge is 2.24. The number of halogens is 2. The number of nitrogens with zero attached hydrogens (tertiary/aromatic N) is 3. The fourth-order valence-corrected chi connectivity index (χ4v) is 3.39. The summed E-state index contributed by atoms with van der Waals surface area (Å²) in [5.74, 6) is -1.57. The number of aromatic nitrogens is 2. The van der Waals surface area contributed by atoms with E-state index in [0.717, 1.165) is 37.5 Å². The Kier molecular flexibility index (Phi) is 5.58. The number of carboxylic acids is 1. The summed E-state index contributed by atoms with van der Waals surface area (Å²) in [5.41, 5.74) is 0.750. The van der Waals surface area contributed by atoms with Gasteiger partial charge in [0.15, 0.2) is 5.69 Å². The molecule has 0 saturated carbocycles. The number of amides is 1. The van der Waals surface area contributed by atoms with E-state index in [2.05, 4.69) is 20.2 Å². The Balaban J connectivity index is 1.66. The topological polar surface area (TPSA) is 95.4 Å². The zero-order valence-corrected chi connectivity index (χ0v) is 15.2. The highest BCUT2D eigenvalue weighted by molar-refractivity contribution is 6.36. The van der Waals surface area contributed by atoms with Crippen molar-refractivity contribution in [3.63, 3.8) is 0 Å². The van der Waals surface area contributed by atoms with Gasteiger partial charge >= 0.3 is 5.97 Å². The number of rotatable bonds is 4. The van der Waals surface area contributed by atoms with Crippen LogP contribution in [-0.4, -0.2) is 46.1 Å². The summed E-state index contributed by atoms with van der Waals surface area (Å²) < 4.78 is 0. The van der Waals surface area contributed by atoms with E-state index in [1.165, 1.54) is 0 Å². The van der Waals surface area contributed by atoms with Gasteiger partial charge in [0.2, 0.25) is 0 Å². The fraction of sp³-hybridized carbons (Fsp3) is 0.294. The Bertz CT molecular complexity index is 829. The third kappa shape index (κ3) is 4.23. The van der Waals surface area contributed by atoms with E-state index in [0.29, 0.717) is 16.6 Å². The van der Waals surface area contributed by atoms with Crippen molar-refractivity contribution in [2.75, 3.05) is 18.0 Å². The highest BCUT2D eigenvalue weighted by Crippen LogP contribution is 2.30. The molecule has 136 valence electrons. The SMILES string of the molecule is O=C(O)c1cnc(C(=O)NC2CCCN(c3ccc(Cl)cc3Cl)C2)cn1. The molecule has 1 aliphatic heterocycles. The summed E-state index contributed by atoms with van der Waals surface area (Å²) >= 11 is 12.2. The average Bonchev–Trinajstić information content (AvgIpc) is 2.62. The van der Waals surface area contributed by atoms with E-state index in [4.69, 9.17) is 28.3 Å². The van der Waals surface area contributed by atoms with Gasteiger partial charge in [-0.05, 0) is 31.0 Å². The number of hydrogen-bond donors (Lipinski definition) is 2. The third-order valence-corrected chi connectivity index (χ3v) is 4.65. The smallest absolute Gasteiger partial charge is 0.356 e. The molecule has 1 aromatic heterocycles. The van der Waals surface area contributed by atoms with Crippen LogP contribution < -0.4 is 10.2 Å². The molecule has 26 heavy (non-hydrogen) atoms. The standard InChI is InChI=1S/C17H16Cl2N4O3/c18-10-3-4-15(12(19)6-10)23-5-1-2-11(9-23)22-16(24)13-7-21-14(8-20-13)17(25)26/h3-4,6-8,11H,1-2,5,9H2,(H,22,24)(H,25,26). The molecule has 1 amide bonds. The molecule has 0 radical (unpaired) electrons. The molecule has 0 aliphatic carbocycles. The molecule has 1 saturated heterocycles. The second kappa shape index (κ2) is 7.88. The number of benzene rings is 1. The molecule has 7 nitrogen and oxygen atoms in total. The number of piperidine rings is 1. The minimum absolute atomic E-state index is 0.0797. The monoisotopic (exact) mass is 394 g/mol. The molecule has 0 bridgehead atoms. The predicted octanol–water partition coefficient (Wildman–Crippen LogP) is 2.88. The molecule has 1 unspecified atom stereocenters. The number of carbonyl (C=O) groups excluding carboxylic acids is 1. The molecule has 1 aromatic carbocycles. The summed E-state index contributed by atoms with van der Waals surface area (Å²) in [4.78, 5) is 32.8. The van der Waals surface area contributed by atoms with Crippen molar-refractivity contribution >= 4 is 40.8 Å². The molecule has 1 atom stereocenters. The lowest BCUT2D eigenvalue weighted by molar-refractivity contribution is 0.0688. The summed E-state index contributed by atoms with van der Waals surface area (Å²) in [7, 11) is 0. The molecular weight excluding hydrogens is 379 g/mol. The van der Waals surface area contributed by atoms with Crippen molar-refractivity contribution in [1.29, 1.82) is 0 Å². The Morgan fingerprint density at radius 3 is 2.58 bits per heavy atom. The maximum Gasteiger partial charge on any atom is 0.356 e. The first-order chi connectivity index (χ1) is 12.4. The lowest BCUT2D eigenvalue weighted by Gasteiger charge is -2.35. The maximum absolute atomic E-state index is 12.3. The van der Waals surface area contributed by atoms with Crippen molar-refractivity contribution in [3.05, 3.63) is 52.0 Å². The van der Waals surface area contributed by atoms with Crippen LogP contribution in [0.25, 0.3) is 0 Å². The first kappa shape index (κ1) is 18.4. The van der Waals surface area contributed by atoms with Crippen LogP contribution in [0.5, 0.6) is 0 Å². The number of carboxylic acid groups (broad SMARTS) is 1. The van der Waals surface area contributed by atoms with Crippen LogP contribution in [0.4, 0.5) is 5.69 Å². The summed E-state index contributed by atoms with van der Waals surface area (Å²) in [6.45, 7) is 1.44. The van der Waals surface area contributed by atoms with E-state index in [-0.39, 0.29) is 23.3 Å². The normalized spacial score (nSPS) is 17.0. The highest BCUT2D eigenvalue weighted by atomic mass is 35.5. The van der Waals surface area contributed by atoms with E-state index in [1.807, 2.05) is 6.07 Å². The van der Waals surface area contributed by atoms with Gasteiger partial charge in [0.1, 0.15) is 5.69 Å². The van der Waals surface area contributed by atoms with Crippen LogP contribution >= 0.6 is 23.2 Å². The minimum atomic E-state index is -1.19. The second-order valence-electron chi connectivity index (χ2n) is 5.95. The van der Waals surface area contributed by atoms with Crippen LogP contribution in [0.1, 0.15) is 33.8 Å². The molecule has 2 heterocycles. The minimum Gasteiger partial charge on any atom is -0.476 e. The zero-order valence-electron chi connectivity index (χ0n) is 13.7. The third-order valence-electron chi connectivity index (χ3n) is 4.11. The molecular formula is C17H16Cl2N4O3. The lowest BCUT2D eigenvalue weighted by Crippen LogP contribution is -2.48. The second-order valence-corrected chi connectivity index (χ2v) is 6.79. The number of aromatic carboxylic acids is 1. The number of hydrogen-bond acceptors (Lipinski definition) is 5. The first-order valence-electron chi connectivity index (χ1n) is 8.00. The summed E-state index contributed by atoms with van der Waals surface area (Å²) in [6.07, 6.45) is 3.95. The van der Waals surface area contributed by atoms with Crippen LogP contribution in [0.3, 0.4) is 0 Å². The number of carbonyl (C=O) groups is 2. The van der Waals surface area contributed by atoms with E-state index < -0.39 is 5.97 Å². The molecule has 2 N–H and O–H groups in total. The Morgan fingerprint density at radius 1 is 1.19 bits per heavy atom. The van der Waals surface area contributed by atoms with Gasteiger partial charge in [-0.15, -0.1) is 0 Å². The van der Waals surface area contributed by atoms with Crippen LogP contribution in [0, 0.1) is 0 Å². The molecule has 9 heteroatoms. The van der Waals surface area contributed by atoms with Gasteiger partial charge in [0.05, 0.1) is 23.1 Å². The molecule has 1 fully saturated rings. The van der Waals surface area contributed by atoms with Gasteiger partial charge < -0.3 is 15.3 Å². The van der Waals surface area contributed by atoms with Gasteiger partial charge in [-0.1, -0.05) is 23.2 Å². The lowest BCUT2D eigenvalue weighted by atomic mass is 10.0. The van der Waals surface area contributed by atoms with Crippen LogP contribution in [0.2, 0.25) is 10.0 Å². The fourth-order valence-electron chi connectivity index (χ4n) is 2.87. The molecule has 3 rings (SSSR count). The largest absolute Gasteiger partial charge is 0.476 e. The van der Waals surface area contributed by atoms with E-state index in [9.17, 15) is 9.59 Å². The average molecular weight is 395 g/mol. The van der Waals surface area contributed by atoms with Crippen molar-refractivity contribution in [2.45, 2.75) is 18.9 Å². The van der Waals surface area contributed by atoms with Crippen LogP contribution in [0.15, 0.2) is 30.6 Å². The predicted molar refractivity (Wildman–Crippen MR) is 98.2 cm³/mol. The van der Waals surface area contributed by atoms with Gasteiger partial charge in [0.25, 0.3) is 5.91 Å². The molecule has 2 aromatic rings.